The van der Waals surface area contributed by atoms with E-state index >= 15 is 0 Å². The Morgan fingerprint density at radius 2 is 2.21 bits per heavy atom. The fourth-order valence-electron chi connectivity index (χ4n) is 2.22. The average molecular weight is 257 g/mol. The SMILES string of the molecule is CCC(=O)C1COc2ccc3nc(C)ccc3c2O1. The lowest BCUT2D eigenvalue weighted by Gasteiger charge is -2.26. The number of aryl methyl sites for hydroxylation is 1. The van der Waals surface area contributed by atoms with Gasteiger partial charge < -0.3 is 9.47 Å². The van der Waals surface area contributed by atoms with Crippen LogP contribution in [0.25, 0.3) is 10.9 Å². The molecule has 0 N–H and O–H groups in total. The lowest BCUT2D eigenvalue weighted by atomic mass is 10.1. The second kappa shape index (κ2) is 4.53. The highest BCUT2D eigenvalue weighted by Crippen LogP contribution is 2.38. The van der Waals surface area contributed by atoms with E-state index in [9.17, 15) is 4.79 Å². The van der Waals surface area contributed by atoms with Crippen LogP contribution in [0.3, 0.4) is 0 Å². The topological polar surface area (TPSA) is 48.4 Å². The molecule has 1 aliphatic rings. The summed E-state index contributed by atoms with van der Waals surface area (Å²) in [6, 6.07) is 7.64. The minimum atomic E-state index is -0.510. The standard InChI is InChI=1S/C15H15NO3/c1-3-12(17)14-8-18-13-7-6-11-10(15(13)19-14)5-4-9(2)16-11/h4-7,14H,3,8H2,1-2H3. The van der Waals surface area contributed by atoms with Gasteiger partial charge in [-0.05, 0) is 31.2 Å². The van der Waals surface area contributed by atoms with Crippen LogP contribution < -0.4 is 9.47 Å². The van der Waals surface area contributed by atoms with Crippen molar-refractivity contribution in [3.05, 3.63) is 30.0 Å². The number of carbonyl (C=O) groups is 1. The van der Waals surface area contributed by atoms with Crippen molar-refractivity contribution in [1.29, 1.82) is 0 Å². The molecule has 0 bridgehead atoms. The summed E-state index contributed by atoms with van der Waals surface area (Å²) in [6.45, 7) is 4.05. The second-order valence-electron chi connectivity index (χ2n) is 4.65. The smallest absolute Gasteiger partial charge is 0.190 e. The molecule has 3 rings (SSSR count). The number of hydrogen-bond acceptors (Lipinski definition) is 4. The summed E-state index contributed by atoms with van der Waals surface area (Å²) in [5, 5.41) is 0.886. The highest BCUT2D eigenvalue weighted by atomic mass is 16.6. The van der Waals surface area contributed by atoms with Gasteiger partial charge in [-0.2, -0.15) is 0 Å². The molecule has 1 aliphatic heterocycles. The van der Waals surface area contributed by atoms with Gasteiger partial charge in [0, 0.05) is 17.5 Å². The average Bonchev–Trinajstić information content (AvgIpc) is 2.45. The van der Waals surface area contributed by atoms with Crippen LogP contribution >= 0.6 is 0 Å². The molecular formula is C15H15NO3. The molecule has 4 nitrogen and oxygen atoms in total. The summed E-state index contributed by atoms with van der Waals surface area (Å²) in [4.78, 5) is 16.2. The van der Waals surface area contributed by atoms with Crippen LogP contribution in [0.15, 0.2) is 24.3 Å². The Morgan fingerprint density at radius 1 is 1.37 bits per heavy atom. The maximum absolute atomic E-state index is 11.7. The van der Waals surface area contributed by atoms with Crippen LogP contribution in [0, 0.1) is 6.92 Å². The molecule has 2 aromatic rings. The Morgan fingerprint density at radius 3 is 3.00 bits per heavy atom. The van der Waals surface area contributed by atoms with Crippen LogP contribution in [-0.4, -0.2) is 23.5 Å². The number of ether oxygens (including phenoxy) is 2. The van der Waals surface area contributed by atoms with Crippen molar-refractivity contribution in [2.24, 2.45) is 0 Å². The Balaban J connectivity index is 2.08. The van der Waals surface area contributed by atoms with Crippen molar-refractivity contribution >= 4 is 16.7 Å². The van der Waals surface area contributed by atoms with E-state index in [1.54, 1.807) is 0 Å². The first-order valence-electron chi connectivity index (χ1n) is 6.41. The first-order valence-corrected chi connectivity index (χ1v) is 6.41. The molecule has 0 amide bonds. The van der Waals surface area contributed by atoms with Crippen molar-refractivity contribution in [3.8, 4) is 11.5 Å². The van der Waals surface area contributed by atoms with E-state index in [4.69, 9.17) is 9.47 Å². The van der Waals surface area contributed by atoms with E-state index in [0.717, 1.165) is 16.6 Å². The molecule has 0 saturated carbocycles. The van der Waals surface area contributed by atoms with Crippen molar-refractivity contribution in [3.63, 3.8) is 0 Å². The van der Waals surface area contributed by atoms with Gasteiger partial charge in [0.05, 0.1) is 5.52 Å². The number of rotatable bonds is 2. The van der Waals surface area contributed by atoms with E-state index in [1.807, 2.05) is 38.1 Å². The fraction of sp³-hybridized carbons (Fsp3) is 0.333. The number of carbonyl (C=O) groups excluding carboxylic acids is 1. The molecule has 0 spiro atoms. The number of benzene rings is 1. The zero-order chi connectivity index (χ0) is 13.4. The zero-order valence-electron chi connectivity index (χ0n) is 11.0. The van der Waals surface area contributed by atoms with Gasteiger partial charge >= 0.3 is 0 Å². The summed E-state index contributed by atoms with van der Waals surface area (Å²) in [6.07, 6.45) is -0.0599. The van der Waals surface area contributed by atoms with Crippen LogP contribution in [-0.2, 0) is 4.79 Å². The molecule has 2 heterocycles. The molecule has 4 heteroatoms. The Bertz CT molecular complexity index is 651. The van der Waals surface area contributed by atoms with Crippen molar-refractivity contribution < 1.29 is 14.3 Å². The lowest BCUT2D eigenvalue weighted by Crippen LogP contribution is -2.36. The van der Waals surface area contributed by atoms with E-state index < -0.39 is 6.10 Å². The lowest BCUT2D eigenvalue weighted by molar-refractivity contribution is -0.127. The molecule has 0 fully saturated rings. The first-order chi connectivity index (χ1) is 9.19. The summed E-state index contributed by atoms with van der Waals surface area (Å²) >= 11 is 0. The van der Waals surface area contributed by atoms with Gasteiger partial charge in [0.1, 0.15) is 6.61 Å². The maximum atomic E-state index is 11.7. The molecule has 0 radical (unpaired) electrons. The molecule has 1 aromatic carbocycles. The second-order valence-corrected chi connectivity index (χ2v) is 4.65. The number of Topliss-reactive ketones (excluding diaryl/α,β-unsaturated/α-hetero) is 1. The number of fused-ring (bicyclic) bond motifs is 3. The van der Waals surface area contributed by atoms with Gasteiger partial charge in [-0.1, -0.05) is 6.92 Å². The summed E-state index contributed by atoms with van der Waals surface area (Å²) < 4.78 is 11.4. The third kappa shape index (κ3) is 2.03. The van der Waals surface area contributed by atoms with Crippen LogP contribution in [0.5, 0.6) is 11.5 Å². The molecule has 19 heavy (non-hydrogen) atoms. The minimum absolute atomic E-state index is 0.0581. The number of aromatic nitrogens is 1. The molecule has 1 aromatic heterocycles. The molecule has 98 valence electrons. The third-order valence-electron chi connectivity index (χ3n) is 3.28. The minimum Gasteiger partial charge on any atom is -0.485 e. The molecule has 0 aliphatic carbocycles. The van der Waals surface area contributed by atoms with E-state index in [0.29, 0.717) is 17.9 Å². The van der Waals surface area contributed by atoms with Crippen LogP contribution in [0.1, 0.15) is 19.0 Å². The number of hydrogen-bond donors (Lipinski definition) is 0. The number of pyridine rings is 1. The van der Waals surface area contributed by atoms with Crippen molar-refractivity contribution in [2.45, 2.75) is 26.4 Å². The van der Waals surface area contributed by atoms with Gasteiger partial charge in [0.25, 0.3) is 0 Å². The Labute approximate surface area is 111 Å². The summed E-state index contributed by atoms with van der Waals surface area (Å²) in [5.74, 6) is 1.36. The molecule has 1 atom stereocenters. The van der Waals surface area contributed by atoms with Crippen molar-refractivity contribution in [2.75, 3.05) is 6.61 Å². The normalized spacial score (nSPS) is 17.5. The largest absolute Gasteiger partial charge is 0.485 e. The zero-order valence-corrected chi connectivity index (χ0v) is 11.0. The predicted octanol–water partition coefficient (Wildman–Crippen LogP) is 2.66. The summed E-state index contributed by atoms with van der Waals surface area (Å²) in [7, 11) is 0. The van der Waals surface area contributed by atoms with E-state index in [2.05, 4.69) is 4.98 Å². The molecule has 0 saturated heterocycles. The van der Waals surface area contributed by atoms with Crippen molar-refractivity contribution in [1.82, 2.24) is 4.98 Å². The van der Waals surface area contributed by atoms with E-state index in [-0.39, 0.29) is 12.4 Å². The highest BCUT2D eigenvalue weighted by Gasteiger charge is 2.27. The molecular weight excluding hydrogens is 242 g/mol. The van der Waals surface area contributed by atoms with Gasteiger partial charge in [-0.25, -0.2) is 0 Å². The molecule has 1 unspecified atom stereocenters. The Kier molecular flexibility index (Phi) is 2.85. The summed E-state index contributed by atoms with van der Waals surface area (Å²) in [5.41, 5.74) is 1.80. The fourth-order valence-corrected chi connectivity index (χ4v) is 2.22. The monoisotopic (exact) mass is 257 g/mol. The first kappa shape index (κ1) is 12.0. The van der Waals surface area contributed by atoms with Crippen LogP contribution in [0.2, 0.25) is 0 Å². The predicted molar refractivity (Wildman–Crippen MR) is 71.7 cm³/mol. The van der Waals surface area contributed by atoms with Crippen LogP contribution in [0.4, 0.5) is 0 Å². The maximum Gasteiger partial charge on any atom is 0.190 e. The van der Waals surface area contributed by atoms with Gasteiger partial charge in [0.2, 0.25) is 0 Å². The highest BCUT2D eigenvalue weighted by molar-refractivity contribution is 5.90. The number of nitrogens with zero attached hydrogens (tertiary/aromatic N) is 1. The van der Waals surface area contributed by atoms with Gasteiger partial charge in [-0.3, -0.25) is 9.78 Å². The van der Waals surface area contributed by atoms with Gasteiger partial charge in [-0.15, -0.1) is 0 Å². The quantitative estimate of drug-likeness (QED) is 0.829. The van der Waals surface area contributed by atoms with E-state index in [1.165, 1.54) is 0 Å². The third-order valence-corrected chi connectivity index (χ3v) is 3.28. The Hall–Kier alpha value is -2.10. The number of ketones is 1. The van der Waals surface area contributed by atoms with Gasteiger partial charge in [0.15, 0.2) is 23.4 Å².